The molecule has 1 aromatic carbocycles. The second-order valence-electron chi connectivity index (χ2n) is 2.87. The number of aromatic amines is 1. The average Bonchev–Trinajstić information content (AvgIpc) is 2.56. The second kappa shape index (κ2) is 3.98. The molecule has 0 unspecified atom stereocenters. The number of nitrogens with one attached hydrogen (secondary N) is 1. The number of hydrogen-bond donors (Lipinski definition) is 1. The van der Waals surface area contributed by atoms with E-state index in [4.69, 9.17) is 0 Å². The van der Waals surface area contributed by atoms with Crippen molar-refractivity contribution >= 4 is 38.5 Å². The second-order valence-corrected chi connectivity index (χ2v) is 4.95. The minimum absolute atomic E-state index is 0.744. The van der Waals surface area contributed by atoms with Gasteiger partial charge in [-0.25, -0.2) is 4.98 Å². The first-order valence-electron chi connectivity index (χ1n) is 4.01. The van der Waals surface area contributed by atoms with Crippen molar-refractivity contribution in [3.8, 4) is 11.4 Å². The van der Waals surface area contributed by atoms with E-state index in [1.807, 2.05) is 25.1 Å². The minimum atomic E-state index is 0.744. The summed E-state index contributed by atoms with van der Waals surface area (Å²) in [5.74, 6) is 1.57. The van der Waals surface area contributed by atoms with E-state index in [1.54, 1.807) is 0 Å². The van der Waals surface area contributed by atoms with Gasteiger partial charge in [0.25, 0.3) is 0 Å². The number of aryl methyl sites for hydroxylation is 1. The Hall–Kier alpha value is -0.430. The van der Waals surface area contributed by atoms with Crippen molar-refractivity contribution in [3.63, 3.8) is 0 Å². The van der Waals surface area contributed by atoms with Crippen LogP contribution < -0.4 is 0 Å². The number of H-pyrrole nitrogens is 1. The number of halogens is 2. The molecule has 1 heterocycles. The molecule has 0 saturated heterocycles. The molecule has 0 aliphatic carbocycles. The van der Waals surface area contributed by atoms with Crippen molar-refractivity contribution in [1.82, 2.24) is 15.2 Å². The smallest absolute Gasteiger partial charge is 0.182 e. The van der Waals surface area contributed by atoms with E-state index in [-0.39, 0.29) is 0 Å². The number of hydrogen-bond acceptors (Lipinski definition) is 2. The average molecular weight is 364 g/mol. The van der Waals surface area contributed by atoms with E-state index in [1.165, 1.54) is 0 Å². The first-order valence-corrected chi connectivity index (χ1v) is 5.88. The summed E-state index contributed by atoms with van der Waals surface area (Å²) in [4.78, 5) is 4.29. The lowest BCUT2D eigenvalue weighted by molar-refractivity contribution is 1.04. The Morgan fingerprint density at radius 3 is 2.86 bits per heavy atom. The Balaban J connectivity index is 2.55. The van der Waals surface area contributed by atoms with Crippen LogP contribution in [-0.4, -0.2) is 15.2 Å². The molecule has 72 valence electrons. The van der Waals surface area contributed by atoms with Gasteiger partial charge in [-0.1, -0.05) is 15.9 Å². The van der Waals surface area contributed by atoms with Crippen LogP contribution in [0.15, 0.2) is 22.7 Å². The number of benzene rings is 1. The molecule has 1 aromatic heterocycles. The zero-order chi connectivity index (χ0) is 10.1. The summed E-state index contributed by atoms with van der Waals surface area (Å²) >= 11 is 5.71. The van der Waals surface area contributed by atoms with Crippen LogP contribution in [0.5, 0.6) is 0 Å². The van der Waals surface area contributed by atoms with Crippen LogP contribution in [0.4, 0.5) is 0 Å². The van der Waals surface area contributed by atoms with Gasteiger partial charge in [0.15, 0.2) is 5.82 Å². The van der Waals surface area contributed by atoms with Crippen LogP contribution in [0.3, 0.4) is 0 Å². The lowest BCUT2D eigenvalue weighted by atomic mass is 10.2. The van der Waals surface area contributed by atoms with Crippen molar-refractivity contribution in [2.24, 2.45) is 0 Å². The lowest BCUT2D eigenvalue weighted by Gasteiger charge is -1.99. The van der Waals surface area contributed by atoms with E-state index in [2.05, 4.69) is 53.7 Å². The third-order valence-electron chi connectivity index (χ3n) is 1.77. The van der Waals surface area contributed by atoms with Gasteiger partial charge in [0.1, 0.15) is 5.82 Å². The van der Waals surface area contributed by atoms with Crippen LogP contribution in [-0.2, 0) is 0 Å². The normalized spacial score (nSPS) is 10.5. The molecule has 2 rings (SSSR count). The lowest BCUT2D eigenvalue weighted by Crippen LogP contribution is -1.85. The molecule has 0 fully saturated rings. The molecule has 2 aromatic rings. The molecule has 0 radical (unpaired) electrons. The highest BCUT2D eigenvalue weighted by Crippen LogP contribution is 2.25. The summed E-state index contributed by atoms with van der Waals surface area (Å²) in [5.41, 5.74) is 1.05. The van der Waals surface area contributed by atoms with Crippen molar-refractivity contribution in [2.45, 2.75) is 6.92 Å². The summed E-state index contributed by atoms with van der Waals surface area (Å²) in [7, 11) is 0. The van der Waals surface area contributed by atoms with Gasteiger partial charge in [-0.15, -0.1) is 0 Å². The molecule has 0 spiro atoms. The Morgan fingerprint density at radius 2 is 2.21 bits per heavy atom. The van der Waals surface area contributed by atoms with E-state index >= 15 is 0 Å². The molecular formula is C9H7BrIN3. The number of nitrogens with zero attached hydrogens (tertiary/aromatic N) is 2. The van der Waals surface area contributed by atoms with Crippen molar-refractivity contribution in [1.29, 1.82) is 0 Å². The molecule has 0 saturated carbocycles. The van der Waals surface area contributed by atoms with Crippen molar-refractivity contribution in [2.75, 3.05) is 0 Å². The predicted octanol–water partition coefficient (Wildman–Crippen LogP) is 3.15. The summed E-state index contributed by atoms with van der Waals surface area (Å²) < 4.78 is 2.18. The first kappa shape index (κ1) is 10.1. The van der Waals surface area contributed by atoms with Crippen LogP contribution in [0.2, 0.25) is 0 Å². The summed E-state index contributed by atoms with van der Waals surface area (Å²) in [6.45, 7) is 1.89. The molecule has 0 aliphatic heterocycles. The fourth-order valence-corrected chi connectivity index (χ4v) is 2.07. The summed E-state index contributed by atoms with van der Waals surface area (Å²) in [5, 5.41) is 6.96. The van der Waals surface area contributed by atoms with E-state index in [0.717, 1.165) is 25.3 Å². The molecule has 5 heteroatoms. The van der Waals surface area contributed by atoms with Gasteiger partial charge in [0.2, 0.25) is 0 Å². The monoisotopic (exact) mass is 363 g/mol. The van der Waals surface area contributed by atoms with Gasteiger partial charge in [0.05, 0.1) is 0 Å². The predicted molar refractivity (Wildman–Crippen MR) is 67.0 cm³/mol. The Morgan fingerprint density at radius 1 is 1.43 bits per heavy atom. The molecule has 1 N–H and O–H groups in total. The molecular weight excluding hydrogens is 357 g/mol. The zero-order valence-electron chi connectivity index (χ0n) is 7.38. The Bertz CT molecular complexity index is 467. The topological polar surface area (TPSA) is 41.6 Å². The first-order chi connectivity index (χ1) is 6.66. The zero-order valence-corrected chi connectivity index (χ0v) is 11.1. The fourth-order valence-electron chi connectivity index (χ4n) is 1.13. The number of aromatic nitrogens is 3. The molecule has 0 aliphatic rings. The highest BCUT2D eigenvalue weighted by molar-refractivity contribution is 14.1. The van der Waals surface area contributed by atoms with E-state index in [9.17, 15) is 0 Å². The van der Waals surface area contributed by atoms with Gasteiger partial charge in [-0.3, -0.25) is 5.10 Å². The maximum atomic E-state index is 4.29. The molecule has 14 heavy (non-hydrogen) atoms. The number of rotatable bonds is 1. The SMILES string of the molecule is Cc1nc(-c2cc(Br)ccc2I)n[nH]1. The van der Waals surface area contributed by atoms with Crippen LogP contribution in [0, 0.1) is 10.5 Å². The third-order valence-corrected chi connectivity index (χ3v) is 3.20. The standard InChI is InChI=1S/C9H7BrIN3/c1-5-12-9(14-13-5)7-4-6(10)2-3-8(7)11/h2-4H,1H3,(H,12,13,14). The van der Waals surface area contributed by atoms with Gasteiger partial charge in [-0.2, -0.15) is 5.10 Å². The highest BCUT2D eigenvalue weighted by Gasteiger charge is 2.07. The Labute approximate surface area is 104 Å². The molecule has 0 amide bonds. The fraction of sp³-hybridized carbons (Fsp3) is 0.111. The van der Waals surface area contributed by atoms with Gasteiger partial charge in [0, 0.05) is 13.6 Å². The Kier molecular flexibility index (Phi) is 2.87. The molecule has 3 nitrogen and oxygen atoms in total. The maximum absolute atomic E-state index is 4.29. The quantitative estimate of drug-likeness (QED) is 0.791. The third kappa shape index (κ3) is 1.98. The van der Waals surface area contributed by atoms with Gasteiger partial charge in [-0.05, 0) is 47.7 Å². The minimum Gasteiger partial charge on any atom is -0.263 e. The van der Waals surface area contributed by atoms with Gasteiger partial charge >= 0.3 is 0 Å². The van der Waals surface area contributed by atoms with E-state index < -0.39 is 0 Å². The van der Waals surface area contributed by atoms with Crippen LogP contribution >= 0.6 is 38.5 Å². The molecule has 0 atom stereocenters. The largest absolute Gasteiger partial charge is 0.263 e. The summed E-state index contributed by atoms with van der Waals surface area (Å²) in [6.07, 6.45) is 0. The molecule has 0 bridgehead atoms. The van der Waals surface area contributed by atoms with Crippen LogP contribution in [0.1, 0.15) is 5.82 Å². The van der Waals surface area contributed by atoms with Gasteiger partial charge < -0.3 is 0 Å². The van der Waals surface area contributed by atoms with E-state index in [0.29, 0.717) is 0 Å². The van der Waals surface area contributed by atoms with Crippen LogP contribution in [0.25, 0.3) is 11.4 Å². The van der Waals surface area contributed by atoms with Crippen molar-refractivity contribution in [3.05, 3.63) is 32.1 Å². The maximum Gasteiger partial charge on any atom is 0.182 e. The van der Waals surface area contributed by atoms with Crippen molar-refractivity contribution < 1.29 is 0 Å². The highest BCUT2D eigenvalue weighted by atomic mass is 127. The summed E-state index contributed by atoms with van der Waals surface area (Å²) in [6, 6.07) is 6.06.